The summed E-state index contributed by atoms with van der Waals surface area (Å²) >= 11 is 0. The Kier molecular flexibility index (Phi) is 5.15. The van der Waals surface area contributed by atoms with Crippen LogP contribution in [0.25, 0.3) is 0 Å². The van der Waals surface area contributed by atoms with E-state index >= 15 is 0 Å². The van der Waals surface area contributed by atoms with Crippen LogP contribution in [0.1, 0.15) is 19.3 Å². The van der Waals surface area contributed by atoms with Crippen molar-refractivity contribution in [1.29, 1.82) is 0 Å². The second-order valence-electron chi connectivity index (χ2n) is 5.20. The zero-order chi connectivity index (χ0) is 13.7. The Hall–Kier alpha value is -1.14. The number of carbonyl (C=O) groups is 2. The average Bonchev–Trinajstić information content (AvgIpc) is 2.93. The van der Waals surface area contributed by atoms with Crippen molar-refractivity contribution < 1.29 is 14.3 Å². The molecule has 0 aromatic rings. The third kappa shape index (κ3) is 3.67. The monoisotopic (exact) mass is 269 g/mol. The molecule has 2 N–H and O–H groups in total. The maximum atomic E-state index is 12.0. The molecule has 0 radical (unpaired) electrons. The minimum atomic E-state index is -0.195. The molecule has 2 saturated heterocycles. The second kappa shape index (κ2) is 6.86. The molecule has 6 heteroatoms. The molecule has 2 aliphatic heterocycles. The molecular formula is C13H23N3O3. The highest BCUT2D eigenvalue weighted by molar-refractivity contribution is 5.86. The van der Waals surface area contributed by atoms with Crippen LogP contribution in [-0.2, 0) is 14.3 Å². The smallest absolute Gasteiger partial charge is 0.241 e. The Morgan fingerprint density at radius 3 is 2.63 bits per heavy atom. The van der Waals surface area contributed by atoms with Crippen molar-refractivity contribution >= 4 is 11.8 Å². The number of piperidine rings is 1. The van der Waals surface area contributed by atoms with Gasteiger partial charge in [-0.3, -0.25) is 9.59 Å². The molecule has 0 aromatic heterocycles. The molecular weight excluding hydrogens is 246 g/mol. The average molecular weight is 269 g/mol. The van der Waals surface area contributed by atoms with E-state index in [0.717, 1.165) is 25.9 Å². The van der Waals surface area contributed by atoms with Crippen LogP contribution in [0.5, 0.6) is 0 Å². The first kappa shape index (κ1) is 14.3. The van der Waals surface area contributed by atoms with Gasteiger partial charge in [0.15, 0.2) is 0 Å². The van der Waals surface area contributed by atoms with Crippen LogP contribution >= 0.6 is 0 Å². The number of likely N-dealkylation sites (N-methyl/N-ethyl adjacent to an activating group) is 1. The predicted octanol–water partition coefficient (Wildman–Crippen LogP) is -0.650. The summed E-state index contributed by atoms with van der Waals surface area (Å²) in [7, 11) is 1.82. The zero-order valence-corrected chi connectivity index (χ0v) is 11.5. The van der Waals surface area contributed by atoms with E-state index in [-0.39, 0.29) is 30.3 Å². The van der Waals surface area contributed by atoms with Gasteiger partial charge in [-0.15, -0.1) is 0 Å². The Morgan fingerprint density at radius 2 is 1.95 bits per heavy atom. The summed E-state index contributed by atoms with van der Waals surface area (Å²) in [5.74, 6) is -0.269. The van der Waals surface area contributed by atoms with Crippen molar-refractivity contribution in [2.45, 2.75) is 25.3 Å². The van der Waals surface area contributed by atoms with E-state index in [1.54, 1.807) is 0 Å². The van der Waals surface area contributed by atoms with Gasteiger partial charge in [-0.05, 0) is 26.3 Å². The highest BCUT2D eigenvalue weighted by atomic mass is 16.5. The number of nitrogens with one attached hydrogen (secondary N) is 2. The molecule has 2 aliphatic rings. The fourth-order valence-electron chi connectivity index (χ4n) is 2.65. The maximum absolute atomic E-state index is 12.0. The molecule has 0 spiro atoms. The van der Waals surface area contributed by atoms with Gasteiger partial charge in [0, 0.05) is 19.1 Å². The Labute approximate surface area is 113 Å². The van der Waals surface area contributed by atoms with E-state index < -0.39 is 0 Å². The molecule has 2 atom stereocenters. The summed E-state index contributed by atoms with van der Waals surface area (Å²) in [4.78, 5) is 25.8. The van der Waals surface area contributed by atoms with Gasteiger partial charge in [0.1, 0.15) is 0 Å². The third-order valence-electron chi connectivity index (χ3n) is 3.91. The SMILES string of the molecule is CNC1COCC1C(=O)NCC(=O)N1CCCCC1. The standard InChI is InChI=1S/C13H23N3O3/c1-14-11-9-19-8-10(11)13(18)15-7-12(17)16-5-3-2-4-6-16/h10-11,14H,2-9H2,1H3,(H,15,18). The van der Waals surface area contributed by atoms with Gasteiger partial charge in [-0.2, -0.15) is 0 Å². The lowest BCUT2D eigenvalue weighted by atomic mass is 10.0. The van der Waals surface area contributed by atoms with E-state index in [9.17, 15) is 9.59 Å². The molecule has 0 aromatic carbocycles. The lowest BCUT2D eigenvalue weighted by Crippen LogP contribution is -2.47. The van der Waals surface area contributed by atoms with Crippen LogP contribution in [0.2, 0.25) is 0 Å². The van der Waals surface area contributed by atoms with Gasteiger partial charge in [0.25, 0.3) is 0 Å². The first-order valence-corrected chi connectivity index (χ1v) is 7.03. The number of hydrogen-bond acceptors (Lipinski definition) is 4. The fourth-order valence-corrected chi connectivity index (χ4v) is 2.65. The van der Waals surface area contributed by atoms with Gasteiger partial charge >= 0.3 is 0 Å². The zero-order valence-electron chi connectivity index (χ0n) is 11.5. The first-order chi connectivity index (χ1) is 9.22. The van der Waals surface area contributed by atoms with Crippen LogP contribution < -0.4 is 10.6 Å². The number of hydrogen-bond donors (Lipinski definition) is 2. The van der Waals surface area contributed by atoms with Crippen LogP contribution in [0.15, 0.2) is 0 Å². The number of likely N-dealkylation sites (tertiary alicyclic amines) is 1. The first-order valence-electron chi connectivity index (χ1n) is 7.03. The van der Waals surface area contributed by atoms with Crippen molar-refractivity contribution in [2.75, 3.05) is 39.9 Å². The summed E-state index contributed by atoms with van der Waals surface area (Å²) in [6, 6.07) is 0.0464. The molecule has 19 heavy (non-hydrogen) atoms. The summed E-state index contributed by atoms with van der Waals surface area (Å²) in [6.45, 7) is 2.72. The molecule has 6 nitrogen and oxygen atoms in total. The molecule has 2 unspecified atom stereocenters. The molecule has 2 fully saturated rings. The molecule has 2 amide bonds. The van der Waals surface area contributed by atoms with Crippen LogP contribution in [0.4, 0.5) is 0 Å². The van der Waals surface area contributed by atoms with Crippen molar-refractivity contribution in [3.05, 3.63) is 0 Å². The molecule has 108 valence electrons. The van der Waals surface area contributed by atoms with E-state index in [0.29, 0.717) is 13.2 Å². The summed E-state index contributed by atoms with van der Waals surface area (Å²) in [5.41, 5.74) is 0. The lowest BCUT2D eigenvalue weighted by molar-refractivity contribution is -0.134. The topological polar surface area (TPSA) is 70.7 Å². The number of rotatable bonds is 4. The van der Waals surface area contributed by atoms with Crippen molar-refractivity contribution in [1.82, 2.24) is 15.5 Å². The van der Waals surface area contributed by atoms with Gasteiger partial charge in [-0.1, -0.05) is 0 Å². The third-order valence-corrected chi connectivity index (χ3v) is 3.91. The normalized spacial score (nSPS) is 27.3. The molecule has 2 heterocycles. The van der Waals surface area contributed by atoms with E-state index in [1.807, 2.05) is 11.9 Å². The highest BCUT2D eigenvalue weighted by Crippen LogP contribution is 2.13. The maximum Gasteiger partial charge on any atom is 0.241 e. The van der Waals surface area contributed by atoms with Gasteiger partial charge in [0.05, 0.1) is 25.7 Å². The Bertz CT molecular complexity index is 329. The van der Waals surface area contributed by atoms with Crippen molar-refractivity contribution in [3.63, 3.8) is 0 Å². The fraction of sp³-hybridized carbons (Fsp3) is 0.846. The Balaban J connectivity index is 1.75. The second-order valence-corrected chi connectivity index (χ2v) is 5.20. The summed E-state index contributed by atoms with van der Waals surface area (Å²) in [6.07, 6.45) is 3.33. The van der Waals surface area contributed by atoms with E-state index in [1.165, 1.54) is 6.42 Å². The van der Waals surface area contributed by atoms with Crippen LogP contribution in [0, 0.1) is 5.92 Å². The van der Waals surface area contributed by atoms with Crippen LogP contribution in [-0.4, -0.2) is 62.7 Å². The predicted molar refractivity (Wildman–Crippen MR) is 70.6 cm³/mol. The minimum Gasteiger partial charge on any atom is -0.379 e. The number of amides is 2. The van der Waals surface area contributed by atoms with Crippen LogP contribution in [0.3, 0.4) is 0 Å². The lowest BCUT2D eigenvalue weighted by Gasteiger charge is -2.27. The Morgan fingerprint density at radius 1 is 1.21 bits per heavy atom. The number of ether oxygens (including phenoxy) is 1. The summed E-state index contributed by atoms with van der Waals surface area (Å²) < 4.78 is 5.29. The molecule has 0 aliphatic carbocycles. The molecule has 2 rings (SSSR count). The van der Waals surface area contributed by atoms with Crippen molar-refractivity contribution in [3.8, 4) is 0 Å². The van der Waals surface area contributed by atoms with E-state index in [4.69, 9.17) is 4.74 Å². The highest BCUT2D eigenvalue weighted by Gasteiger charge is 2.33. The van der Waals surface area contributed by atoms with Gasteiger partial charge < -0.3 is 20.3 Å². The van der Waals surface area contributed by atoms with Gasteiger partial charge in [0.2, 0.25) is 11.8 Å². The number of carbonyl (C=O) groups excluding carboxylic acids is 2. The number of nitrogens with zero attached hydrogens (tertiary/aromatic N) is 1. The van der Waals surface area contributed by atoms with Crippen molar-refractivity contribution in [2.24, 2.45) is 5.92 Å². The molecule has 0 bridgehead atoms. The quantitative estimate of drug-likeness (QED) is 0.711. The summed E-state index contributed by atoms with van der Waals surface area (Å²) in [5, 5.41) is 5.80. The van der Waals surface area contributed by atoms with E-state index in [2.05, 4.69) is 10.6 Å². The largest absolute Gasteiger partial charge is 0.379 e. The minimum absolute atomic E-state index is 0.0213. The molecule has 0 saturated carbocycles. The van der Waals surface area contributed by atoms with Gasteiger partial charge in [-0.25, -0.2) is 0 Å².